The smallest absolute Gasteiger partial charge is 0.199 e. The topological polar surface area (TPSA) is 60.1 Å². The summed E-state index contributed by atoms with van der Waals surface area (Å²) in [6, 6.07) is 2.48. The van der Waals surface area contributed by atoms with Crippen LogP contribution in [-0.2, 0) is 30.0 Å². The van der Waals surface area contributed by atoms with Gasteiger partial charge in [0.05, 0.1) is 11.5 Å². The maximum absolute atomic E-state index is 13.7. The van der Waals surface area contributed by atoms with Gasteiger partial charge < -0.3 is 9.47 Å². The van der Waals surface area contributed by atoms with E-state index in [0.29, 0.717) is 42.3 Å². The van der Waals surface area contributed by atoms with E-state index in [2.05, 4.69) is 5.10 Å². The lowest BCUT2D eigenvalue weighted by Gasteiger charge is -2.31. The predicted octanol–water partition coefficient (Wildman–Crippen LogP) is 2.54. The van der Waals surface area contributed by atoms with E-state index in [0.717, 1.165) is 12.0 Å². The Morgan fingerprint density at radius 2 is 2.04 bits per heavy atom. The van der Waals surface area contributed by atoms with Crippen LogP contribution in [0.25, 0.3) is 0 Å². The number of nitrogens with zero attached hydrogens (tertiary/aromatic N) is 4. The number of sulfone groups is 1. The van der Waals surface area contributed by atoms with E-state index in [-0.39, 0.29) is 17.4 Å². The van der Waals surface area contributed by atoms with E-state index in [4.69, 9.17) is 12.2 Å². The molecule has 3 heterocycles. The normalized spacial score (nSPS) is 21.4. The summed E-state index contributed by atoms with van der Waals surface area (Å²) >= 11 is 5.47. The average Bonchev–Trinajstić information content (AvgIpc) is 3.10. The molecule has 2 aromatic rings. The van der Waals surface area contributed by atoms with Gasteiger partial charge in [-0.05, 0) is 43.1 Å². The Labute approximate surface area is 161 Å². The van der Waals surface area contributed by atoms with Crippen molar-refractivity contribution in [2.75, 3.05) is 23.0 Å². The summed E-state index contributed by atoms with van der Waals surface area (Å²) in [4.78, 5) is 1.93. The van der Waals surface area contributed by atoms with Gasteiger partial charge >= 0.3 is 0 Å². The lowest BCUT2D eigenvalue weighted by atomic mass is 10.0. The Kier molecular flexibility index (Phi) is 4.58. The molecule has 0 spiro atoms. The molecule has 6 nitrogen and oxygen atoms in total. The largest absolute Gasteiger partial charge is 0.352 e. The van der Waals surface area contributed by atoms with Crippen molar-refractivity contribution in [3.05, 3.63) is 39.9 Å². The zero-order chi connectivity index (χ0) is 19.3. The minimum atomic E-state index is -3.02. The molecule has 1 atom stereocenters. The van der Waals surface area contributed by atoms with Gasteiger partial charge in [0.2, 0.25) is 0 Å². The molecule has 0 bridgehead atoms. The molecule has 0 N–H and O–H groups in total. The maximum Gasteiger partial charge on any atom is 0.199 e. The molecule has 0 saturated carbocycles. The van der Waals surface area contributed by atoms with Gasteiger partial charge in [0, 0.05) is 31.3 Å². The second-order valence-corrected chi connectivity index (χ2v) is 9.80. The van der Waals surface area contributed by atoms with E-state index in [1.54, 1.807) is 16.3 Å². The van der Waals surface area contributed by atoms with Gasteiger partial charge in [-0.2, -0.15) is 5.10 Å². The Morgan fingerprint density at radius 3 is 2.74 bits per heavy atom. The van der Waals surface area contributed by atoms with Gasteiger partial charge in [-0.1, -0.05) is 0 Å². The van der Waals surface area contributed by atoms with Crippen molar-refractivity contribution in [2.45, 2.75) is 31.8 Å². The summed E-state index contributed by atoms with van der Waals surface area (Å²) in [6.45, 7) is 0.994. The average molecular weight is 415 g/mol. The molecule has 1 aromatic carbocycles. The highest BCUT2D eigenvalue weighted by Crippen LogP contribution is 2.31. The standard InChI is InChI=1S/C17H20F2N4O2S2/c1-21-16(12-4-6-27(24,25)9-12)20-23(17(21)26)10-22-5-2-3-11-7-13(18)14(19)8-15(11)22/h7-8,12H,2-6,9-10H2,1H3/t12-/m0/s1. The second-order valence-electron chi connectivity index (χ2n) is 7.20. The van der Waals surface area contributed by atoms with Crippen molar-refractivity contribution in [2.24, 2.45) is 7.05 Å². The molecule has 2 aliphatic heterocycles. The first kappa shape index (κ1) is 18.5. The third-order valence-corrected chi connectivity index (χ3v) is 7.57. The van der Waals surface area contributed by atoms with Crippen molar-refractivity contribution in [3.8, 4) is 0 Å². The third-order valence-electron chi connectivity index (χ3n) is 5.31. The van der Waals surface area contributed by atoms with Crippen LogP contribution in [-0.4, -0.2) is 40.8 Å². The van der Waals surface area contributed by atoms with Gasteiger partial charge in [0.15, 0.2) is 26.2 Å². The summed E-state index contributed by atoms with van der Waals surface area (Å²) in [6.07, 6.45) is 2.06. The third kappa shape index (κ3) is 3.40. The van der Waals surface area contributed by atoms with Crippen LogP contribution in [0.2, 0.25) is 0 Å². The molecule has 1 fully saturated rings. The highest BCUT2D eigenvalue weighted by molar-refractivity contribution is 7.91. The number of aromatic nitrogens is 3. The molecule has 27 heavy (non-hydrogen) atoms. The van der Waals surface area contributed by atoms with Crippen LogP contribution in [0, 0.1) is 16.4 Å². The fourth-order valence-electron chi connectivity index (χ4n) is 3.91. The van der Waals surface area contributed by atoms with Gasteiger partial charge in [0.25, 0.3) is 0 Å². The highest BCUT2D eigenvalue weighted by Gasteiger charge is 2.32. The Balaban J connectivity index is 1.64. The van der Waals surface area contributed by atoms with Crippen molar-refractivity contribution >= 4 is 27.7 Å². The lowest BCUT2D eigenvalue weighted by Crippen LogP contribution is -2.32. The molecule has 0 unspecified atom stereocenters. The van der Waals surface area contributed by atoms with Crippen molar-refractivity contribution < 1.29 is 17.2 Å². The van der Waals surface area contributed by atoms with Gasteiger partial charge in [-0.25, -0.2) is 21.9 Å². The molecular weight excluding hydrogens is 394 g/mol. The number of hydrogen-bond acceptors (Lipinski definition) is 5. The molecule has 1 saturated heterocycles. The lowest BCUT2D eigenvalue weighted by molar-refractivity contribution is 0.497. The van der Waals surface area contributed by atoms with Gasteiger partial charge in [0.1, 0.15) is 12.5 Å². The van der Waals surface area contributed by atoms with E-state index in [1.807, 2.05) is 4.90 Å². The summed E-state index contributed by atoms with van der Waals surface area (Å²) in [5, 5.41) is 4.57. The monoisotopic (exact) mass is 414 g/mol. The number of rotatable bonds is 3. The van der Waals surface area contributed by atoms with Crippen LogP contribution in [0.15, 0.2) is 12.1 Å². The van der Waals surface area contributed by atoms with Gasteiger partial charge in [-0.3, -0.25) is 0 Å². The van der Waals surface area contributed by atoms with Crippen LogP contribution in [0.3, 0.4) is 0 Å². The van der Waals surface area contributed by atoms with Crippen molar-refractivity contribution in [3.63, 3.8) is 0 Å². The first-order chi connectivity index (χ1) is 12.7. The molecule has 0 radical (unpaired) electrons. The summed E-state index contributed by atoms with van der Waals surface area (Å²) in [5.74, 6) is -0.964. The van der Waals surface area contributed by atoms with Crippen LogP contribution >= 0.6 is 12.2 Å². The fourth-order valence-corrected chi connectivity index (χ4v) is 5.84. The molecule has 2 aliphatic rings. The van der Waals surface area contributed by atoms with E-state index >= 15 is 0 Å². The zero-order valence-electron chi connectivity index (χ0n) is 14.9. The van der Waals surface area contributed by atoms with Crippen LogP contribution in [0.5, 0.6) is 0 Å². The van der Waals surface area contributed by atoms with Crippen molar-refractivity contribution in [1.82, 2.24) is 14.3 Å². The predicted molar refractivity (Wildman–Crippen MR) is 100 cm³/mol. The number of halogens is 2. The molecule has 1 aromatic heterocycles. The number of benzene rings is 1. The summed E-state index contributed by atoms with van der Waals surface area (Å²) < 4.78 is 54.7. The second kappa shape index (κ2) is 6.66. The van der Waals surface area contributed by atoms with E-state index in [1.165, 1.54) is 12.1 Å². The Hall–Kier alpha value is -1.81. The maximum atomic E-state index is 13.7. The number of fused-ring (bicyclic) bond motifs is 1. The molecule has 146 valence electrons. The Morgan fingerprint density at radius 1 is 1.30 bits per heavy atom. The molecule has 4 rings (SSSR count). The van der Waals surface area contributed by atoms with Crippen LogP contribution < -0.4 is 4.90 Å². The SMILES string of the molecule is Cn1c([C@H]2CCS(=O)(=O)C2)nn(CN2CCCc3cc(F)c(F)cc32)c1=S. The molecule has 10 heteroatoms. The van der Waals surface area contributed by atoms with E-state index in [9.17, 15) is 17.2 Å². The molecule has 0 amide bonds. The van der Waals surface area contributed by atoms with Crippen molar-refractivity contribution in [1.29, 1.82) is 0 Å². The minimum Gasteiger partial charge on any atom is -0.352 e. The van der Waals surface area contributed by atoms with Gasteiger partial charge in [-0.15, -0.1) is 0 Å². The summed E-state index contributed by atoms with van der Waals surface area (Å²) in [7, 11) is -1.24. The number of aryl methyl sites for hydroxylation is 1. The molecular formula is C17H20F2N4O2S2. The first-order valence-electron chi connectivity index (χ1n) is 8.82. The number of hydrogen-bond donors (Lipinski definition) is 0. The first-order valence-corrected chi connectivity index (χ1v) is 11.0. The minimum absolute atomic E-state index is 0.0870. The highest BCUT2D eigenvalue weighted by atomic mass is 32.2. The quantitative estimate of drug-likeness (QED) is 0.723. The van der Waals surface area contributed by atoms with E-state index < -0.39 is 21.5 Å². The van der Waals surface area contributed by atoms with Crippen LogP contribution in [0.1, 0.15) is 30.1 Å². The fraction of sp³-hybridized carbons (Fsp3) is 0.529. The zero-order valence-corrected chi connectivity index (χ0v) is 16.5. The Bertz CT molecular complexity index is 1060. The summed E-state index contributed by atoms with van der Waals surface area (Å²) in [5.41, 5.74) is 1.42. The number of anilines is 1. The van der Waals surface area contributed by atoms with Crippen LogP contribution in [0.4, 0.5) is 14.5 Å². The molecule has 0 aliphatic carbocycles.